The van der Waals surface area contributed by atoms with Gasteiger partial charge in [0.2, 0.25) is 10.0 Å². The number of hydrogen-bond acceptors (Lipinski definition) is 4. The normalized spacial score (nSPS) is 12.2. The van der Waals surface area contributed by atoms with Crippen LogP contribution in [-0.2, 0) is 16.6 Å². The summed E-state index contributed by atoms with van der Waals surface area (Å²) in [5.74, 6) is -0.811. The van der Waals surface area contributed by atoms with Gasteiger partial charge in [0.15, 0.2) is 5.75 Å². The summed E-state index contributed by atoms with van der Waals surface area (Å²) in [7, 11) is -4.19. The quantitative estimate of drug-likeness (QED) is 0.821. The predicted molar refractivity (Wildman–Crippen MR) is 79.1 cm³/mol. The zero-order valence-electron chi connectivity index (χ0n) is 11.3. The molecule has 0 amide bonds. The summed E-state index contributed by atoms with van der Waals surface area (Å²) < 4.78 is 68.0. The maximum atomic E-state index is 12.4. The summed E-state index contributed by atoms with van der Waals surface area (Å²) in [6, 6.07) is 6.44. The highest BCUT2D eigenvalue weighted by molar-refractivity contribution is 9.10. The Morgan fingerprint density at radius 2 is 1.83 bits per heavy atom. The van der Waals surface area contributed by atoms with Crippen LogP contribution < -0.4 is 9.46 Å². The van der Waals surface area contributed by atoms with Crippen LogP contribution in [0.25, 0.3) is 0 Å². The summed E-state index contributed by atoms with van der Waals surface area (Å²) in [5.41, 5.74) is 0.610. The van der Waals surface area contributed by atoms with Crippen molar-refractivity contribution in [2.45, 2.75) is 17.8 Å². The van der Waals surface area contributed by atoms with Crippen molar-refractivity contribution in [2.24, 2.45) is 0 Å². The minimum Gasteiger partial charge on any atom is -0.404 e. The number of rotatable bonds is 5. The summed E-state index contributed by atoms with van der Waals surface area (Å²) in [5, 5.41) is 0. The van der Waals surface area contributed by atoms with Gasteiger partial charge in [-0.15, -0.1) is 13.2 Å². The molecule has 23 heavy (non-hydrogen) atoms. The van der Waals surface area contributed by atoms with Gasteiger partial charge in [0.1, 0.15) is 4.90 Å². The molecule has 0 atom stereocenters. The van der Waals surface area contributed by atoms with Crippen LogP contribution in [0.1, 0.15) is 5.56 Å². The van der Waals surface area contributed by atoms with Gasteiger partial charge >= 0.3 is 6.36 Å². The average Bonchev–Trinajstić information content (AvgIpc) is 2.44. The van der Waals surface area contributed by atoms with E-state index in [4.69, 9.17) is 0 Å². The first kappa shape index (κ1) is 17.7. The van der Waals surface area contributed by atoms with Crippen molar-refractivity contribution >= 4 is 26.0 Å². The van der Waals surface area contributed by atoms with Crippen LogP contribution in [0.4, 0.5) is 13.2 Å². The Balaban J connectivity index is 2.28. The fourth-order valence-corrected chi connectivity index (χ4v) is 3.13. The molecule has 0 radical (unpaired) electrons. The van der Waals surface area contributed by atoms with Gasteiger partial charge in [-0.3, -0.25) is 4.98 Å². The lowest BCUT2D eigenvalue weighted by Crippen LogP contribution is -2.25. The topological polar surface area (TPSA) is 68.3 Å². The molecule has 0 aliphatic carbocycles. The van der Waals surface area contributed by atoms with Gasteiger partial charge in [0.05, 0.1) is 0 Å². The van der Waals surface area contributed by atoms with Crippen molar-refractivity contribution in [3.63, 3.8) is 0 Å². The highest BCUT2D eigenvalue weighted by Crippen LogP contribution is 2.32. The van der Waals surface area contributed by atoms with Crippen molar-refractivity contribution in [3.8, 4) is 5.75 Å². The second-order valence-corrected chi connectivity index (χ2v) is 6.97. The van der Waals surface area contributed by atoms with Crippen molar-refractivity contribution in [1.82, 2.24) is 9.71 Å². The lowest BCUT2D eigenvalue weighted by molar-refractivity contribution is -0.275. The lowest BCUT2D eigenvalue weighted by Gasteiger charge is -2.14. The third-order valence-electron chi connectivity index (χ3n) is 2.64. The van der Waals surface area contributed by atoms with Crippen LogP contribution in [0.3, 0.4) is 0 Å². The number of halogens is 4. The molecule has 0 saturated carbocycles. The third-order valence-corrected chi connectivity index (χ3v) is 4.57. The van der Waals surface area contributed by atoms with Gasteiger partial charge in [0, 0.05) is 23.4 Å². The van der Waals surface area contributed by atoms with E-state index in [1.54, 1.807) is 12.1 Å². The maximum absolute atomic E-state index is 12.4. The van der Waals surface area contributed by atoms with Crippen LogP contribution in [-0.4, -0.2) is 19.8 Å². The molecule has 1 N–H and O–H groups in total. The summed E-state index contributed by atoms with van der Waals surface area (Å²) >= 11 is 2.98. The molecular formula is C13H10BrF3N2O3S. The van der Waals surface area contributed by atoms with E-state index in [2.05, 4.69) is 30.4 Å². The second-order valence-electron chi connectivity index (χ2n) is 4.32. The van der Waals surface area contributed by atoms with Crippen LogP contribution in [0, 0.1) is 0 Å². The number of nitrogens with one attached hydrogen (secondary N) is 1. The average molecular weight is 411 g/mol. The lowest BCUT2D eigenvalue weighted by atomic mass is 10.3. The summed E-state index contributed by atoms with van der Waals surface area (Å²) in [6.07, 6.45) is -2.06. The Kier molecular flexibility index (Phi) is 5.27. The number of pyridine rings is 1. The van der Waals surface area contributed by atoms with Gasteiger partial charge in [-0.1, -0.05) is 15.9 Å². The van der Waals surface area contributed by atoms with Crippen molar-refractivity contribution in [2.75, 3.05) is 0 Å². The fourth-order valence-electron chi connectivity index (χ4n) is 1.67. The molecule has 0 aliphatic heterocycles. The van der Waals surface area contributed by atoms with Gasteiger partial charge in [-0.25, -0.2) is 13.1 Å². The molecule has 2 rings (SSSR count). The molecule has 0 saturated heterocycles. The molecule has 5 nitrogen and oxygen atoms in total. The molecule has 1 aromatic carbocycles. The SMILES string of the molecule is O=S(=O)(NCc1ccncc1)c1ccc(Br)cc1OC(F)(F)F. The van der Waals surface area contributed by atoms with Crippen LogP contribution in [0.5, 0.6) is 5.75 Å². The van der Waals surface area contributed by atoms with E-state index >= 15 is 0 Å². The van der Waals surface area contributed by atoms with Gasteiger partial charge in [-0.2, -0.15) is 0 Å². The molecule has 1 heterocycles. The first-order valence-corrected chi connectivity index (χ1v) is 8.39. The predicted octanol–water partition coefficient (Wildman–Crippen LogP) is 3.22. The number of benzene rings is 1. The molecule has 10 heteroatoms. The standard InChI is InChI=1S/C13H10BrF3N2O3S/c14-10-1-2-12(11(7-10)22-13(15,16)17)23(20,21)19-8-9-3-5-18-6-4-9/h1-7,19H,8H2. The first-order chi connectivity index (χ1) is 10.7. The number of alkyl halides is 3. The van der Waals surface area contributed by atoms with Crippen molar-refractivity contribution in [1.29, 1.82) is 0 Å². The molecular weight excluding hydrogens is 401 g/mol. The highest BCUT2D eigenvalue weighted by Gasteiger charge is 2.34. The first-order valence-electron chi connectivity index (χ1n) is 6.11. The van der Waals surface area contributed by atoms with Gasteiger partial charge < -0.3 is 4.74 Å². The Morgan fingerprint density at radius 1 is 1.17 bits per heavy atom. The molecule has 0 fully saturated rings. The van der Waals surface area contributed by atoms with Crippen molar-refractivity contribution in [3.05, 3.63) is 52.8 Å². The van der Waals surface area contributed by atoms with Crippen LogP contribution in [0.2, 0.25) is 0 Å². The molecule has 1 aromatic heterocycles. The van der Waals surface area contributed by atoms with Crippen LogP contribution >= 0.6 is 15.9 Å². The van der Waals surface area contributed by atoms with E-state index in [1.165, 1.54) is 18.5 Å². The van der Waals surface area contributed by atoms with Gasteiger partial charge in [0.25, 0.3) is 0 Å². The highest BCUT2D eigenvalue weighted by atomic mass is 79.9. The number of hydrogen-bond donors (Lipinski definition) is 1. The molecule has 0 spiro atoms. The van der Waals surface area contributed by atoms with Crippen LogP contribution in [0.15, 0.2) is 52.1 Å². The Labute approximate surface area is 138 Å². The summed E-state index contributed by atoms with van der Waals surface area (Å²) in [4.78, 5) is 3.18. The second kappa shape index (κ2) is 6.85. The fraction of sp³-hybridized carbons (Fsp3) is 0.154. The Morgan fingerprint density at radius 3 is 2.43 bits per heavy atom. The monoisotopic (exact) mass is 410 g/mol. The smallest absolute Gasteiger partial charge is 0.404 e. The minimum absolute atomic E-state index is 0.0909. The largest absolute Gasteiger partial charge is 0.573 e. The molecule has 0 bridgehead atoms. The molecule has 0 unspecified atom stereocenters. The number of ether oxygens (including phenoxy) is 1. The Bertz CT molecular complexity index is 783. The number of nitrogens with zero attached hydrogens (tertiary/aromatic N) is 1. The number of sulfonamides is 1. The molecule has 124 valence electrons. The van der Waals surface area contributed by atoms with E-state index in [1.807, 2.05) is 0 Å². The molecule has 0 aliphatic rings. The maximum Gasteiger partial charge on any atom is 0.573 e. The Hall–Kier alpha value is -1.65. The van der Waals surface area contributed by atoms with Gasteiger partial charge in [-0.05, 0) is 35.9 Å². The van der Waals surface area contributed by atoms with E-state index in [0.29, 0.717) is 5.56 Å². The van der Waals surface area contributed by atoms with E-state index < -0.39 is 27.0 Å². The summed E-state index contributed by atoms with van der Waals surface area (Å²) in [6.45, 7) is -0.0909. The van der Waals surface area contributed by atoms with E-state index in [0.717, 1.165) is 12.1 Å². The zero-order chi connectivity index (χ0) is 17.1. The zero-order valence-corrected chi connectivity index (χ0v) is 13.7. The number of aromatic nitrogens is 1. The van der Waals surface area contributed by atoms with E-state index in [9.17, 15) is 21.6 Å². The third kappa shape index (κ3) is 5.19. The van der Waals surface area contributed by atoms with E-state index in [-0.39, 0.29) is 11.0 Å². The minimum atomic E-state index is -5.00. The molecule has 2 aromatic rings. The van der Waals surface area contributed by atoms with Crippen molar-refractivity contribution < 1.29 is 26.3 Å².